The maximum atomic E-state index is 5.50. The highest BCUT2D eigenvalue weighted by atomic mass is 15.4. The molecule has 0 fully saturated rings. The summed E-state index contributed by atoms with van der Waals surface area (Å²) in [5.74, 6) is 0.512. The first-order chi connectivity index (χ1) is 7.70. The zero-order valence-electron chi connectivity index (χ0n) is 9.59. The van der Waals surface area contributed by atoms with Crippen molar-refractivity contribution in [3.05, 3.63) is 41.7 Å². The fraction of sp³-hybridized carbons (Fsp3) is 0.333. The summed E-state index contributed by atoms with van der Waals surface area (Å²) in [6, 6.07) is 8.30. The van der Waals surface area contributed by atoms with E-state index in [1.807, 2.05) is 18.3 Å². The van der Waals surface area contributed by atoms with Crippen LogP contribution in [0.25, 0.3) is 5.69 Å². The smallest absolute Gasteiger partial charge is 0.0967 e. The average molecular weight is 216 g/mol. The molecule has 0 bridgehead atoms. The first-order valence-corrected chi connectivity index (χ1v) is 5.42. The van der Waals surface area contributed by atoms with Crippen molar-refractivity contribution in [3.63, 3.8) is 0 Å². The molecule has 0 spiro atoms. The van der Waals surface area contributed by atoms with Gasteiger partial charge in [0.15, 0.2) is 0 Å². The van der Waals surface area contributed by atoms with Crippen molar-refractivity contribution in [2.24, 2.45) is 5.73 Å². The van der Waals surface area contributed by atoms with Crippen LogP contribution in [0.3, 0.4) is 0 Å². The third-order valence-corrected chi connectivity index (χ3v) is 2.55. The lowest BCUT2D eigenvalue weighted by Gasteiger charge is -2.07. The van der Waals surface area contributed by atoms with Crippen molar-refractivity contribution in [3.8, 4) is 5.69 Å². The van der Waals surface area contributed by atoms with Crippen LogP contribution in [0.1, 0.15) is 31.0 Å². The van der Waals surface area contributed by atoms with Crippen molar-refractivity contribution < 1.29 is 0 Å². The summed E-state index contributed by atoms with van der Waals surface area (Å²) in [5, 5.41) is 8.02. The second-order valence-electron chi connectivity index (χ2n) is 4.11. The fourth-order valence-electron chi connectivity index (χ4n) is 1.54. The van der Waals surface area contributed by atoms with Gasteiger partial charge in [0, 0.05) is 6.54 Å². The standard InChI is InChI=1S/C12H16N4/c1-9(2)10-4-3-5-12(6-10)16-8-11(7-13)14-15-16/h3-6,8-9H,7,13H2,1-2H3. The van der Waals surface area contributed by atoms with E-state index in [0.717, 1.165) is 11.4 Å². The van der Waals surface area contributed by atoms with Gasteiger partial charge in [-0.05, 0) is 23.6 Å². The minimum atomic E-state index is 0.421. The Morgan fingerprint density at radius 3 is 2.81 bits per heavy atom. The monoisotopic (exact) mass is 216 g/mol. The van der Waals surface area contributed by atoms with Gasteiger partial charge >= 0.3 is 0 Å². The van der Waals surface area contributed by atoms with Gasteiger partial charge < -0.3 is 5.73 Å². The molecule has 0 saturated heterocycles. The number of hydrogen-bond acceptors (Lipinski definition) is 3. The van der Waals surface area contributed by atoms with Crippen LogP contribution in [0.4, 0.5) is 0 Å². The fourth-order valence-corrected chi connectivity index (χ4v) is 1.54. The number of aromatic nitrogens is 3. The van der Waals surface area contributed by atoms with E-state index in [1.54, 1.807) is 4.68 Å². The molecule has 84 valence electrons. The summed E-state index contributed by atoms with van der Waals surface area (Å²) in [6.07, 6.45) is 1.86. The number of nitrogens with two attached hydrogens (primary N) is 1. The zero-order valence-corrected chi connectivity index (χ0v) is 9.59. The molecule has 4 nitrogen and oxygen atoms in total. The summed E-state index contributed by atoms with van der Waals surface area (Å²) in [6.45, 7) is 4.77. The predicted octanol–water partition coefficient (Wildman–Crippen LogP) is 1.85. The van der Waals surface area contributed by atoms with E-state index in [9.17, 15) is 0 Å². The summed E-state index contributed by atoms with van der Waals surface area (Å²) in [4.78, 5) is 0. The molecule has 4 heteroatoms. The molecule has 0 aliphatic rings. The lowest BCUT2D eigenvalue weighted by Crippen LogP contribution is -1.97. The number of hydrogen-bond donors (Lipinski definition) is 1. The number of rotatable bonds is 3. The van der Waals surface area contributed by atoms with Gasteiger partial charge in [-0.1, -0.05) is 31.2 Å². The van der Waals surface area contributed by atoms with E-state index >= 15 is 0 Å². The summed E-state index contributed by atoms with van der Waals surface area (Å²) in [5.41, 5.74) is 8.62. The Bertz CT molecular complexity index is 473. The molecule has 1 heterocycles. The van der Waals surface area contributed by atoms with Crippen LogP contribution in [-0.4, -0.2) is 15.0 Å². The minimum absolute atomic E-state index is 0.421. The van der Waals surface area contributed by atoms with E-state index < -0.39 is 0 Å². The van der Waals surface area contributed by atoms with Gasteiger partial charge in [-0.15, -0.1) is 5.10 Å². The molecule has 2 aromatic rings. The van der Waals surface area contributed by atoms with Crippen molar-refractivity contribution in [2.45, 2.75) is 26.3 Å². The first kappa shape index (κ1) is 10.8. The van der Waals surface area contributed by atoms with Gasteiger partial charge in [-0.25, -0.2) is 4.68 Å². The molecular weight excluding hydrogens is 200 g/mol. The molecule has 0 unspecified atom stereocenters. The van der Waals surface area contributed by atoms with Crippen molar-refractivity contribution in [2.75, 3.05) is 0 Å². The zero-order chi connectivity index (χ0) is 11.5. The molecule has 0 amide bonds. The van der Waals surface area contributed by atoms with Gasteiger partial charge in [0.05, 0.1) is 17.6 Å². The molecule has 1 aromatic carbocycles. The quantitative estimate of drug-likeness (QED) is 0.851. The summed E-state index contributed by atoms with van der Waals surface area (Å²) >= 11 is 0. The largest absolute Gasteiger partial charge is 0.325 e. The van der Waals surface area contributed by atoms with E-state index in [4.69, 9.17) is 5.73 Å². The molecule has 0 aliphatic heterocycles. The maximum Gasteiger partial charge on any atom is 0.0967 e. The molecule has 16 heavy (non-hydrogen) atoms. The number of nitrogens with zero attached hydrogens (tertiary/aromatic N) is 3. The molecule has 0 atom stereocenters. The van der Waals surface area contributed by atoms with Gasteiger partial charge in [0.25, 0.3) is 0 Å². The Hall–Kier alpha value is -1.68. The van der Waals surface area contributed by atoms with Gasteiger partial charge in [-0.2, -0.15) is 0 Å². The third kappa shape index (κ3) is 2.12. The van der Waals surface area contributed by atoms with E-state index in [0.29, 0.717) is 12.5 Å². The van der Waals surface area contributed by atoms with Crippen LogP contribution in [0.2, 0.25) is 0 Å². The van der Waals surface area contributed by atoms with Crippen LogP contribution >= 0.6 is 0 Å². The molecule has 0 aliphatic carbocycles. The van der Waals surface area contributed by atoms with Gasteiger partial charge in [0.1, 0.15) is 0 Å². The Balaban J connectivity index is 2.36. The highest BCUT2D eigenvalue weighted by molar-refractivity contribution is 5.36. The highest BCUT2D eigenvalue weighted by Crippen LogP contribution is 2.17. The third-order valence-electron chi connectivity index (χ3n) is 2.55. The van der Waals surface area contributed by atoms with Crippen LogP contribution in [0.15, 0.2) is 30.5 Å². The van der Waals surface area contributed by atoms with Crippen LogP contribution in [0.5, 0.6) is 0 Å². The lowest BCUT2D eigenvalue weighted by atomic mass is 10.0. The Morgan fingerprint density at radius 1 is 1.38 bits per heavy atom. The Kier molecular flexibility index (Phi) is 3.01. The van der Waals surface area contributed by atoms with Crippen molar-refractivity contribution in [1.29, 1.82) is 0 Å². The molecule has 0 saturated carbocycles. The van der Waals surface area contributed by atoms with E-state index in [2.05, 4.69) is 36.3 Å². The van der Waals surface area contributed by atoms with Gasteiger partial charge in [0.2, 0.25) is 0 Å². The lowest BCUT2D eigenvalue weighted by molar-refractivity contribution is 0.790. The second kappa shape index (κ2) is 4.45. The minimum Gasteiger partial charge on any atom is -0.325 e. The van der Waals surface area contributed by atoms with Gasteiger partial charge in [-0.3, -0.25) is 0 Å². The molecule has 1 aromatic heterocycles. The molecular formula is C12H16N4. The SMILES string of the molecule is CC(C)c1cccc(-n2cc(CN)nn2)c1. The number of benzene rings is 1. The normalized spacial score (nSPS) is 11.0. The van der Waals surface area contributed by atoms with Crippen LogP contribution in [0, 0.1) is 0 Å². The Labute approximate surface area is 95.1 Å². The van der Waals surface area contributed by atoms with E-state index in [1.165, 1.54) is 5.56 Å². The summed E-state index contributed by atoms with van der Waals surface area (Å²) < 4.78 is 1.76. The molecule has 0 radical (unpaired) electrons. The predicted molar refractivity (Wildman–Crippen MR) is 63.3 cm³/mol. The maximum absolute atomic E-state index is 5.50. The van der Waals surface area contributed by atoms with E-state index in [-0.39, 0.29) is 0 Å². The molecule has 2 N–H and O–H groups in total. The van der Waals surface area contributed by atoms with Crippen molar-refractivity contribution >= 4 is 0 Å². The van der Waals surface area contributed by atoms with Crippen LogP contribution < -0.4 is 5.73 Å². The Morgan fingerprint density at radius 2 is 2.19 bits per heavy atom. The summed E-state index contributed by atoms with van der Waals surface area (Å²) in [7, 11) is 0. The van der Waals surface area contributed by atoms with Crippen LogP contribution in [-0.2, 0) is 6.54 Å². The van der Waals surface area contributed by atoms with Crippen molar-refractivity contribution in [1.82, 2.24) is 15.0 Å². The second-order valence-corrected chi connectivity index (χ2v) is 4.11. The highest BCUT2D eigenvalue weighted by Gasteiger charge is 2.04. The topological polar surface area (TPSA) is 56.7 Å². The molecule has 2 rings (SSSR count). The average Bonchev–Trinajstić information content (AvgIpc) is 2.77. The first-order valence-electron chi connectivity index (χ1n) is 5.42.